The van der Waals surface area contributed by atoms with Crippen molar-refractivity contribution >= 4 is 5.91 Å². The lowest BCUT2D eigenvalue weighted by Gasteiger charge is -2.26. The summed E-state index contributed by atoms with van der Waals surface area (Å²) < 4.78 is 5.16. The number of likely N-dealkylation sites (tertiary alicyclic amines) is 1. The van der Waals surface area contributed by atoms with Gasteiger partial charge < -0.3 is 9.64 Å². The van der Waals surface area contributed by atoms with Gasteiger partial charge in [-0.25, -0.2) is 0 Å². The van der Waals surface area contributed by atoms with Gasteiger partial charge in [0, 0.05) is 19.0 Å². The van der Waals surface area contributed by atoms with Crippen LogP contribution in [0.2, 0.25) is 0 Å². The van der Waals surface area contributed by atoms with Gasteiger partial charge in [0.1, 0.15) is 5.75 Å². The molecular weight excluding hydrogens is 238 g/mol. The maximum Gasteiger partial charge on any atom is 0.226 e. The first kappa shape index (κ1) is 12.5. The van der Waals surface area contributed by atoms with E-state index in [1.54, 1.807) is 7.11 Å². The van der Waals surface area contributed by atoms with E-state index < -0.39 is 0 Å². The lowest BCUT2D eigenvalue weighted by molar-refractivity contribution is -0.133. The molecule has 1 amide bonds. The molecule has 1 saturated carbocycles. The fourth-order valence-corrected chi connectivity index (χ4v) is 3.04. The van der Waals surface area contributed by atoms with Gasteiger partial charge in [-0.05, 0) is 49.3 Å². The van der Waals surface area contributed by atoms with Crippen LogP contribution in [0.3, 0.4) is 0 Å². The van der Waals surface area contributed by atoms with E-state index in [1.165, 1.54) is 24.8 Å². The zero-order chi connectivity index (χ0) is 13.2. The number of hydrogen-bond donors (Lipinski definition) is 0. The molecule has 2 aliphatic rings. The maximum atomic E-state index is 12.4. The van der Waals surface area contributed by atoms with Gasteiger partial charge in [-0.1, -0.05) is 12.1 Å². The Morgan fingerprint density at radius 3 is 2.47 bits per heavy atom. The summed E-state index contributed by atoms with van der Waals surface area (Å²) in [5, 5.41) is 0. The minimum absolute atomic E-state index is 0.228. The topological polar surface area (TPSA) is 29.5 Å². The fourth-order valence-electron chi connectivity index (χ4n) is 3.04. The lowest BCUT2D eigenvalue weighted by atomic mass is 10.1. The second-order valence-corrected chi connectivity index (χ2v) is 5.61. The van der Waals surface area contributed by atoms with Crippen LogP contribution in [0.1, 0.15) is 37.2 Å². The van der Waals surface area contributed by atoms with Gasteiger partial charge in [0.15, 0.2) is 0 Å². The third-order valence-electron chi connectivity index (χ3n) is 4.32. The van der Waals surface area contributed by atoms with E-state index in [2.05, 4.69) is 17.0 Å². The van der Waals surface area contributed by atoms with Crippen LogP contribution in [-0.4, -0.2) is 31.0 Å². The summed E-state index contributed by atoms with van der Waals surface area (Å²) in [4.78, 5) is 14.4. The Morgan fingerprint density at radius 2 is 1.84 bits per heavy atom. The van der Waals surface area contributed by atoms with Crippen molar-refractivity contribution in [3.63, 3.8) is 0 Å². The SMILES string of the molecule is COc1ccc(C2CC2C(=O)N2CCCCC2)cc1. The van der Waals surface area contributed by atoms with Gasteiger partial charge in [-0.3, -0.25) is 4.79 Å². The minimum Gasteiger partial charge on any atom is -0.497 e. The Labute approximate surface area is 114 Å². The predicted octanol–water partition coefficient (Wildman–Crippen LogP) is 2.81. The molecule has 0 radical (unpaired) electrons. The molecule has 1 aromatic rings. The molecule has 0 N–H and O–H groups in total. The average Bonchev–Trinajstić information content (AvgIpc) is 3.28. The Morgan fingerprint density at radius 1 is 1.16 bits per heavy atom. The van der Waals surface area contributed by atoms with E-state index in [-0.39, 0.29) is 5.92 Å². The van der Waals surface area contributed by atoms with Crippen LogP contribution in [0.5, 0.6) is 5.75 Å². The first-order valence-electron chi connectivity index (χ1n) is 7.22. The number of rotatable bonds is 3. The van der Waals surface area contributed by atoms with Crippen LogP contribution in [0.15, 0.2) is 24.3 Å². The lowest BCUT2D eigenvalue weighted by Crippen LogP contribution is -2.36. The predicted molar refractivity (Wildman–Crippen MR) is 74.3 cm³/mol. The summed E-state index contributed by atoms with van der Waals surface area (Å²) in [6.45, 7) is 1.93. The molecule has 1 aromatic carbocycles. The highest BCUT2D eigenvalue weighted by Gasteiger charge is 2.45. The maximum absolute atomic E-state index is 12.4. The van der Waals surface area contributed by atoms with Gasteiger partial charge in [0.25, 0.3) is 0 Å². The summed E-state index contributed by atoms with van der Waals surface area (Å²) in [5.74, 6) is 1.91. The van der Waals surface area contributed by atoms with Crippen LogP contribution in [0.25, 0.3) is 0 Å². The Kier molecular flexibility index (Phi) is 3.45. The van der Waals surface area contributed by atoms with Crippen LogP contribution in [0, 0.1) is 5.92 Å². The van der Waals surface area contributed by atoms with Crippen molar-refractivity contribution in [2.75, 3.05) is 20.2 Å². The Hall–Kier alpha value is -1.51. The summed E-state index contributed by atoms with van der Waals surface area (Å²) in [7, 11) is 1.68. The Balaban J connectivity index is 1.61. The number of benzene rings is 1. The normalized spacial score (nSPS) is 26.1. The van der Waals surface area contributed by atoms with Gasteiger partial charge in [0.2, 0.25) is 5.91 Å². The summed E-state index contributed by atoms with van der Waals surface area (Å²) in [5.41, 5.74) is 1.27. The molecule has 2 atom stereocenters. The molecule has 3 rings (SSSR count). The van der Waals surface area contributed by atoms with Crippen LogP contribution in [-0.2, 0) is 4.79 Å². The van der Waals surface area contributed by atoms with E-state index in [4.69, 9.17) is 4.74 Å². The fraction of sp³-hybridized carbons (Fsp3) is 0.562. The molecular formula is C16H21NO2. The largest absolute Gasteiger partial charge is 0.497 e. The minimum atomic E-state index is 0.228. The van der Waals surface area contributed by atoms with Crippen LogP contribution in [0.4, 0.5) is 0 Å². The molecule has 0 bridgehead atoms. The van der Waals surface area contributed by atoms with Gasteiger partial charge in [-0.15, -0.1) is 0 Å². The van der Waals surface area contributed by atoms with E-state index in [0.717, 1.165) is 25.3 Å². The number of hydrogen-bond acceptors (Lipinski definition) is 2. The molecule has 1 saturated heterocycles. The van der Waals surface area contributed by atoms with Crippen molar-refractivity contribution in [1.82, 2.24) is 4.90 Å². The first-order valence-corrected chi connectivity index (χ1v) is 7.22. The summed E-state index contributed by atoms with van der Waals surface area (Å²) >= 11 is 0. The zero-order valence-electron chi connectivity index (χ0n) is 11.5. The van der Waals surface area contributed by atoms with Crippen molar-refractivity contribution in [2.24, 2.45) is 5.92 Å². The number of carbonyl (C=O) groups is 1. The molecule has 3 nitrogen and oxygen atoms in total. The van der Waals surface area contributed by atoms with E-state index in [0.29, 0.717) is 11.8 Å². The zero-order valence-corrected chi connectivity index (χ0v) is 11.5. The van der Waals surface area contributed by atoms with E-state index in [9.17, 15) is 4.79 Å². The van der Waals surface area contributed by atoms with Crippen molar-refractivity contribution in [3.05, 3.63) is 29.8 Å². The van der Waals surface area contributed by atoms with Crippen molar-refractivity contribution in [3.8, 4) is 5.75 Å². The van der Waals surface area contributed by atoms with Gasteiger partial charge in [-0.2, -0.15) is 0 Å². The number of piperidine rings is 1. The monoisotopic (exact) mass is 259 g/mol. The van der Waals surface area contributed by atoms with E-state index >= 15 is 0 Å². The van der Waals surface area contributed by atoms with E-state index in [1.807, 2.05) is 12.1 Å². The third-order valence-corrected chi connectivity index (χ3v) is 4.32. The van der Waals surface area contributed by atoms with Crippen molar-refractivity contribution < 1.29 is 9.53 Å². The highest BCUT2D eigenvalue weighted by atomic mass is 16.5. The van der Waals surface area contributed by atoms with Crippen molar-refractivity contribution in [2.45, 2.75) is 31.6 Å². The third kappa shape index (κ3) is 2.60. The quantitative estimate of drug-likeness (QED) is 0.835. The average molecular weight is 259 g/mol. The summed E-state index contributed by atoms with van der Waals surface area (Å²) in [6.07, 6.45) is 4.63. The van der Waals surface area contributed by atoms with Gasteiger partial charge in [0.05, 0.1) is 7.11 Å². The molecule has 1 aliphatic carbocycles. The highest BCUT2D eigenvalue weighted by Crippen LogP contribution is 2.48. The number of amides is 1. The number of ether oxygens (including phenoxy) is 1. The standard InChI is InChI=1S/C16H21NO2/c1-19-13-7-5-12(6-8-13)14-11-15(14)16(18)17-9-3-2-4-10-17/h5-8,14-15H,2-4,9-11H2,1H3. The van der Waals surface area contributed by atoms with Crippen LogP contribution >= 0.6 is 0 Å². The molecule has 3 heteroatoms. The second kappa shape index (κ2) is 5.24. The molecule has 0 aromatic heterocycles. The summed E-state index contributed by atoms with van der Waals surface area (Å²) in [6, 6.07) is 8.14. The molecule has 1 heterocycles. The molecule has 0 spiro atoms. The number of carbonyl (C=O) groups excluding carboxylic acids is 1. The first-order chi connectivity index (χ1) is 9.29. The van der Waals surface area contributed by atoms with Gasteiger partial charge >= 0.3 is 0 Å². The molecule has 1 aliphatic heterocycles. The highest BCUT2D eigenvalue weighted by molar-refractivity contribution is 5.83. The molecule has 2 fully saturated rings. The molecule has 2 unspecified atom stereocenters. The number of nitrogens with zero attached hydrogens (tertiary/aromatic N) is 1. The molecule has 19 heavy (non-hydrogen) atoms. The Bertz CT molecular complexity index is 448. The van der Waals surface area contributed by atoms with Crippen molar-refractivity contribution in [1.29, 1.82) is 0 Å². The number of methoxy groups -OCH3 is 1. The smallest absolute Gasteiger partial charge is 0.226 e. The van der Waals surface area contributed by atoms with Crippen LogP contribution < -0.4 is 4.74 Å². The second-order valence-electron chi connectivity index (χ2n) is 5.61. The molecule has 102 valence electrons.